The molecule has 0 heterocycles. The Balaban J connectivity index is 2.63. The molecule has 0 saturated heterocycles. The molecule has 0 saturated carbocycles. The van der Waals surface area contributed by atoms with Crippen LogP contribution in [0.2, 0.25) is 5.02 Å². The van der Waals surface area contributed by atoms with Gasteiger partial charge in [0.25, 0.3) is 0 Å². The molecule has 1 atom stereocenters. The van der Waals surface area contributed by atoms with Crippen LogP contribution in [0.5, 0.6) is 0 Å². The maximum atomic E-state index is 15.2. The fraction of sp³-hybridized carbons (Fsp3) is 0.440. The van der Waals surface area contributed by atoms with E-state index in [9.17, 15) is 4.79 Å². The summed E-state index contributed by atoms with van der Waals surface area (Å²) in [5.41, 5.74) is 11.8. The van der Waals surface area contributed by atoms with Crippen molar-refractivity contribution in [1.29, 1.82) is 0 Å². The topological polar surface area (TPSA) is 38.3 Å². The second kappa shape index (κ2) is 10.2. The van der Waals surface area contributed by atoms with E-state index in [1.165, 1.54) is 0 Å². The lowest BCUT2D eigenvalue weighted by molar-refractivity contribution is -0.143. The highest BCUT2D eigenvalue weighted by Gasteiger charge is 2.23. The van der Waals surface area contributed by atoms with Gasteiger partial charge in [0, 0.05) is 11.6 Å². The summed E-state index contributed by atoms with van der Waals surface area (Å²) in [6, 6.07) is 6.91. The molecule has 2 rings (SSSR count). The lowest BCUT2D eigenvalue weighted by atomic mass is 9.91. The summed E-state index contributed by atoms with van der Waals surface area (Å²) >= 11 is 6.33. The van der Waals surface area contributed by atoms with E-state index in [1.54, 1.807) is 19.1 Å². The van der Waals surface area contributed by atoms with Crippen LogP contribution in [0.1, 0.15) is 62.4 Å². The number of ether oxygens (including phenoxy) is 1. The van der Waals surface area contributed by atoms with E-state index in [0.717, 1.165) is 27.8 Å². The highest BCUT2D eigenvalue weighted by molar-refractivity contribution is 7.85. The van der Waals surface area contributed by atoms with Gasteiger partial charge < -0.3 is 25.6 Å². The van der Waals surface area contributed by atoms with Gasteiger partial charge in [-0.2, -0.15) is 0 Å². The molecule has 0 aliphatic heterocycles. The van der Waals surface area contributed by atoms with Crippen LogP contribution in [0.4, 0.5) is 4.39 Å². The molecule has 0 radical (unpaired) electrons. The maximum absolute atomic E-state index is 15.2. The van der Waals surface area contributed by atoms with Crippen LogP contribution in [0, 0.1) is 32.3 Å². The van der Waals surface area contributed by atoms with Crippen molar-refractivity contribution in [3.63, 3.8) is 0 Å². The molecule has 31 heavy (non-hydrogen) atoms. The third-order valence-corrected chi connectivity index (χ3v) is 7.14. The molecular weight excluding hydrogens is 433 g/mol. The van der Waals surface area contributed by atoms with Crippen molar-refractivity contribution in [2.45, 2.75) is 65.7 Å². The third kappa shape index (κ3) is 6.36. The van der Waals surface area contributed by atoms with Crippen molar-refractivity contribution in [2.24, 2.45) is 0 Å². The predicted octanol–water partition coefficient (Wildman–Crippen LogP) is 6.58. The van der Waals surface area contributed by atoms with Gasteiger partial charge in [-0.05, 0) is 62.1 Å². The van der Waals surface area contributed by atoms with Crippen LogP contribution in [0.15, 0.2) is 24.3 Å². The Morgan fingerprint density at radius 3 is 2.29 bits per heavy atom. The molecule has 0 aromatic heterocycles. The maximum Gasteiger partial charge on any atom is 0.307 e. The zero-order valence-electron chi connectivity index (χ0n) is 19.4. The molecule has 1 N–H and O–H groups in total. The van der Waals surface area contributed by atoms with Gasteiger partial charge in [-0.25, -0.2) is 4.39 Å². The minimum Gasteiger partial charge on any atom is -0.466 e. The Morgan fingerprint density at radius 1 is 1.19 bits per heavy atom. The number of halogens is 2. The summed E-state index contributed by atoms with van der Waals surface area (Å²) in [7, 11) is -0.784. The Bertz CT molecular complexity index is 1030. The number of esters is 1. The molecule has 6 heteroatoms. The van der Waals surface area contributed by atoms with Crippen molar-refractivity contribution >= 4 is 28.1 Å². The van der Waals surface area contributed by atoms with Gasteiger partial charge in [-0.3, -0.25) is 4.79 Å². The van der Waals surface area contributed by atoms with Gasteiger partial charge in [0.05, 0.1) is 18.1 Å². The minimum absolute atomic E-state index is 0.00944. The van der Waals surface area contributed by atoms with E-state index in [1.807, 2.05) is 41.5 Å². The fourth-order valence-corrected chi connectivity index (χ4v) is 4.67. The predicted molar refractivity (Wildman–Crippen MR) is 130 cm³/mol. The Morgan fingerprint density at radius 2 is 1.77 bits per heavy atom. The summed E-state index contributed by atoms with van der Waals surface area (Å²) < 4.78 is 23.3. The van der Waals surface area contributed by atoms with E-state index in [4.69, 9.17) is 22.0 Å². The van der Waals surface area contributed by atoms with Crippen LogP contribution in [-0.2, 0) is 20.0 Å². The van der Waals surface area contributed by atoms with Crippen LogP contribution < -0.4 is 4.72 Å². The molecular formula is C25H32ClFNO2S-. The Kier molecular flexibility index (Phi) is 8.40. The smallest absolute Gasteiger partial charge is 0.307 e. The van der Waals surface area contributed by atoms with E-state index in [-0.39, 0.29) is 22.8 Å². The minimum atomic E-state index is -0.784. The zero-order chi connectivity index (χ0) is 23.5. The average molecular weight is 465 g/mol. The van der Waals surface area contributed by atoms with Crippen LogP contribution in [0.3, 0.4) is 0 Å². The van der Waals surface area contributed by atoms with Gasteiger partial charge in [-0.1, -0.05) is 50.1 Å². The monoisotopic (exact) mass is 464 g/mol. The molecule has 0 unspecified atom stereocenters. The van der Waals surface area contributed by atoms with Crippen molar-refractivity contribution in [3.8, 4) is 16.8 Å². The Labute approximate surface area is 193 Å². The molecule has 0 amide bonds. The summed E-state index contributed by atoms with van der Waals surface area (Å²) in [5, 5.41) is 0.00944. The molecule has 0 fully saturated rings. The van der Waals surface area contributed by atoms with E-state index in [0.29, 0.717) is 5.56 Å². The molecule has 0 bridgehead atoms. The van der Waals surface area contributed by atoms with Gasteiger partial charge in [0.2, 0.25) is 0 Å². The number of carbonyl (C=O) groups is 1. The quantitative estimate of drug-likeness (QED) is 0.387. The van der Waals surface area contributed by atoms with Crippen molar-refractivity contribution in [2.75, 3.05) is 6.61 Å². The highest BCUT2D eigenvalue weighted by Crippen LogP contribution is 2.36. The SMILES string of the molecule is C#[S-](N[C@@H](CC(=O)OCC)c1cc(-c2c(C)cc(C)cc2C)cc(Cl)c1F)C(C)(C)C. The average Bonchev–Trinajstić information content (AvgIpc) is 2.62. The number of hydrogen-bond donors (Lipinski definition) is 1. The van der Waals surface area contributed by atoms with Crippen molar-refractivity contribution < 1.29 is 13.9 Å². The summed E-state index contributed by atoms with van der Waals surface area (Å²) in [4.78, 5) is 12.3. The lowest BCUT2D eigenvalue weighted by Gasteiger charge is -2.39. The molecule has 0 aliphatic rings. The first kappa shape index (κ1) is 25.5. The van der Waals surface area contributed by atoms with Gasteiger partial charge >= 0.3 is 5.97 Å². The molecule has 3 nitrogen and oxygen atoms in total. The number of aryl methyl sites for hydroxylation is 3. The molecule has 2 aromatic carbocycles. The first-order valence-corrected chi connectivity index (χ1v) is 12.0. The number of nitrogens with one attached hydrogen (secondary N) is 1. The lowest BCUT2D eigenvalue weighted by Crippen LogP contribution is -2.35. The molecule has 170 valence electrons. The summed E-state index contributed by atoms with van der Waals surface area (Å²) in [6.45, 7) is 14.1. The second-order valence-corrected chi connectivity index (χ2v) is 11.3. The van der Waals surface area contributed by atoms with Gasteiger partial charge in [0.15, 0.2) is 0 Å². The fourth-order valence-electron chi connectivity index (χ4n) is 3.58. The van der Waals surface area contributed by atoms with E-state index < -0.39 is 28.3 Å². The largest absolute Gasteiger partial charge is 0.466 e. The highest BCUT2D eigenvalue weighted by atomic mass is 35.5. The zero-order valence-corrected chi connectivity index (χ0v) is 20.9. The van der Waals surface area contributed by atoms with Crippen molar-refractivity contribution in [1.82, 2.24) is 4.72 Å². The normalized spacial score (nSPS) is 12.8. The first-order valence-electron chi connectivity index (χ1n) is 10.3. The number of hydrogen-bond acceptors (Lipinski definition) is 4. The van der Waals surface area contributed by atoms with Crippen LogP contribution in [0.25, 0.3) is 11.1 Å². The summed E-state index contributed by atoms with van der Waals surface area (Å²) in [5.74, 6) is -0.977. The number of carbonyl (C=O) groups excluding carboxylic acids is 1. The van der Waals surface area contributed by atoms with E-state index >= 15 is 4.39 Å². The van der Waals surface area contributed by atoms with Crippen LogP contribution in [-0.4, -0.2) is 17.3 Å². The second-order valence-electron chi connectivity index (χ2n) is 8.76. The molecule has 0 aliphatic carbocycles. The molecule has 0 spiro atoms. The first-order chi connectivity index (χ1) is 14.3. The standard InChI is InChI=1S/C25H32ClFNO2S/c1-9-30-22(29)14-21(28-31(8)25(5,6)7)19-12-18(13-20(26)24(19)27)23-16(3)10-15(2)11-17(23)4/h8,10-13,21,28H,9,14H2,1-7H3/q-1/t21-/m0/s1. The van der Waals surface area contributed by atoms with Crippen LogP contribution >= 0.6 is 11.6 Å². The van der Waals surface area contributed by atoms with Gasteiger partial charge in [0.1, 0.15) is 5.82 Å². The summed E-state index contributed by atoms with van der Waals surface area (Å²) in [6.07, 6.45) is -0.0484. The Hall–Kier alpha value is -1.78. The van der Waals surface area contributed by atoms with Gasteiger partial charge in [-0.15, -0.1) is 4.75 Å². The van der Waals surface area contributed by atoms with Crippen molar-refractivity contribution in [3.05, 3.63) is 57.4 Å². The third-order valence-electron chi connectivity index (χ3n) is 5.00. The number of rotatable bonds is 6. The van der Waals surface area contributed by atoms with E-state index in [2.05, 4.69) is 16.9 Å². The number of benzene rings is 2. The molecule has 2 aromatic rings.